The first-order valence-electron chi connectivity index (χ1n) is 8.24. The summed E-state index contributed by atoms with van der Waals surface area (Å²) in [5, 5.41) is 10.2. The SMILES string of the molecule is COc1ccc2c(c1)c(CC(=O)O)c1ccnc(Cc3ccccn3)n12. The van der Waals surface area contributed by atoms with Crippen LogP contribution in [0.3, 0.4) is 0 Å². The Bertz CT molecular complexity index is 1100. The van der Waals surface area contributed by atoms with Gasteiger partial charge in [-0.1, -0.05) is 6.07 Å². The lowest BCUT2D eigenvalue weighted by Gasteiger charge is -2.07. The van der Waals surface area contributed by atoms with Crippen LogP contribution >= 0.6 is 0 Å². The molecule has 0 unspecified atom stereocenters. The molecule has 3 aromatic heterocycles. The van der Waals surface area contributed by atoms with Gasteiger partial charge in [0.05, 0.1) is 24.6 Å². The highest BCUT2D eigenvalue weighted by atomic mass is 16.5. The third-order valence-corrected chi connectivity index (χ3v) is 4.43. The van der Waals surface area contributed by atoms with Crippen molar-refractivity contribution in [2.24, 2.45) is 0 Å². The lowest BCUT2D eigenvalue weighted by Crippen LogP contribution is -2.04. The molecule has 0 spiro atoms. The predicted octanol–water partition coefficient (Wildman–Crippen LogP) is 3.11. The summed E-state index contributed by atoms with van der Waals surface area (Å²) in [6, 6.07) is 13.3. The molecule has 0 amide bonds. The van der Waals surface area contributed by atoms with E-state index in [1.165, 1.54) is 0 Å². The first kappa shape index (κ1) is 16.1. The number of hydrogen-bond acceptors (Lipinski definition) is 4. The molecule has 26 heavy (non-hydrogen) atoms. The van der Waals surface area contributed by atoms with E-state index < -0.39 is 5.97 Å². The average Bonchev–Trinajstić information content (AvgIpc) is 2.96. The van der Waals surface area contributed by atoms with Gasteiger partial charge < -0.3 is 9.84 Å². The Balaban J connectivity index is 1.99. The van der Waals surface area contributed by atoms with Crippen molar-refractivity contribution in [1.82, 2.24) is 14.4 Å². The molecule has 0 aliphatic carbocycles. The van der Waals surface area contributed by atoms with Gasteiger partial charge in [0, 0.05) is 29.9 Å². The molecule has 0 saturated carbocycles. The van der Waals surface area contributed by atoms with Crippen molar-refractivity contribution >= 4 is 22.4 Å². The fourth-order valence-electron chi connectivity index (χ4n) is 3.31. The minimum atomic E-state index is -0.870. The lowest BCUT2D eigenvalue weighted by molar-refractivity contribution is -0.136. The fourth-order valence-corrected chi connectivity index (χ4v) is 3.31. The van der Waals surface area contributed by atoms with Gasteiger partial charge in [0.15, 0.2) is 0 Å². The summed E-state index contributed by atoms with van der Waals surface area (Å²) in [4.78, 5) is 20.3. The van der Waals surface area contributed by atoms with E-state index in [0.29, 0.717) is 12.2 Å². The Morgan fingerprint density at radius 1 is 1.12 bits per heavy atom. The zero-order valence-corrected chi connectivity index (χ0v) is 14.2. The molecule has 6 nitrogen and oxygen atoms in total. The van der Waals surface area contributed by atoms with Gasteiger partial charge in [-0.25, -0.2) is 4.98 Å². The normalized spacial score (nSPS) is 11.1. The Kier molecular flexibility index (Phi) is 4.01. The van der Waals surface area contributed by atoms with E-state index in [4.69, 9.17) is 4.74 Å². The molecule has 0 aliphatic rings. The smallest absolute Gasteiger partial charge is 0.307 e. The van der Waals surface area contributed by atoms with Crippen molar-refractivity contribution in [3.05, 3.63) is 71.9 Å². The lowest BCUT2D eigenvalue weighted by atomic mass is 10.1. The number of hydrogen-bond donors (Lipinski definition) is 1. The number of fused-ring (bicyclic) bond motifs is 3. The van der Waals surface area contributed by atoms with E-state index >= 15 is 0 Å². The number of methoxy groups -OCH3 is 1. The molecule has 4 aromatic rings. The number of ether oxygens (including phenoxy) is 1. The summed E-state index contributed by atoms with van der Waals surface area (Å²) < 4.78 is 7.34. The van der Waals surface area contributed by atoms with E-state index in [9.17, 15) is 9.90 Å². The summed E-state index contributed by atoms with van der Waals surface area (Å²) in [5.74, 6) is 0.637. The highest BCUT2D eigenvalue weighted by molar-refractivity contribution is 5.96. The Morgan fingerprint density at radius 3 is 2.73 bits per heavy atom. The number of rotatable bonds is 5. The summed E-state index contributed by atoms with van der Waals surface area (Å²) in [6.45, 7) is 0. The van der Waals surface area contributed by atoms with Gasteiger partial charge in [-0.05, 0) is 42.0 Å². The van der Waals surface area contributed by atoms with Gasteiger partial charge in [-0.15, -0.1) is 0 Å². The monoisotopic (exact) mass is 347 g/mol. The van der Waals surface area contributed by atoms with Crippen LogP contribution in [-0.2, 0) is 17.6 Å². The number of pyridine rings is 1. The van der Waals surface area contributed by atoms with Crippen molar-refractivity contribution in [3.63, 3.8) is 0 Å². The molecule has 0 radical (unpaired) electrons. The van der Waals surface area contributed by atoms with Gasteiger partial charge in [0.1, 0.15) is 11.6 Å². The van der Waals surface area contributed by atoms with E-state index in [1.807, 2.05) is 46.9 Å². The van der Waals surface area contributed by atoms with E-state index in [2.05, 4.69) is 9.97 Å². The maximum Gasteiger partial charge on any atom is 0.307 e. The van der Waals surface area contributed by atoms with E-state index in [-0.39, 0.29) is 6.42 Å². The van der Waals surface area contributed by atoms with E-state index in [1.54, 1.807) is 19.5 Å². The third kappa shape index (κ3) is 2.75. The van der Waals surface area contributed by atoms with Crippen LogP contribution in [0.5, 0.6) is 5.75 Å². The van der Waals surface area contributed by atoms with Crippen molar-refractivity contribution in [3.8, 4) is 5.75 Å². The standard InChI is InChI=1S/C20H17N3O3/c1-26-14-5-6-17-15(11-14)16(12-20(24)25)18-7-9-22-19(23(17)18)10-13-4-2-3-8-21-13/h2-9,11H,10,12H2,1H3,(H,24,25). The number of carboxylic acids is 1. The first-order valence-corrected chi connectivity index (χ1v) is 8.24. The number of benzene rings is 1. The van der Waals surface area contributed by atoms with Gasteiger partial charge in [0.2, 0.25) is 0 Å². The van der Waals surface area contributed by atoms with E-state index in [0.717, 1.165) is 33.5 Å². The second kappa shape index (κ2) is 6.48. The number of aromatic nitrogens is 3. The van der Waals surface area contributed by atoms with Crippen LogP contribution < -0.4 is 4.74 Å². The predicted molar refractivity (Wildman–Crippen MR) is 97.6 cm³/mol. The van der Waals surface area contributed by atoms with Crippen molar-refractivity contribution < 1.29 is 14.6 Å². The second-order valence-electron chi connectivity index (χ2n) is 6.01. The van der Waals surface area contributed by atoms with Crippen LogP contribution in [0.4, 0.5) is 0 Å². The topological polar surface area (TPSA) is 76.7 Å². The second-order valence-corrected chi connectivity index (χ2v) is 6.01. The molecular weight excluding hydrogens is 330 g/mol. The van der Waals surface area contributed by atoms with Crippen LogP contribution in [0.25, 0.3) is 16.4 Å². The fraction of sp³-hybridized carbons (Fsp3) is 0.150. The molecule has 0 aliphatic heterocycles. The molecule has 6 heteroatoms. The minimum Gasteiger partial charge on any atom is -0.497 e. The quantitative estimate of drug-likeness (QED) is 0.600. The van der Waals surface area contributed by atoms with Crippen LogP contribution in [0.1, 0.15) is 17.1 Å². The van der Waals surface area contributed by atoms with Gasteiger partial charge in [-0.3, -0.25) is 14.2 Å². The Labute approximate surface area is 149 Å². The van der Waals surface area contributed by atoms with Crippen LogP contribution in [0.15, 0.2) is 54.9 Å². The molecule has 0 bridgehead atoms. The average molecular weight is 347 g/mol. The maximum absolute atomic E-state index is 11.4. The molecule has 0 saturated heterocycles. The van der Waals surface area contributed by atoms with Crippen molar-refractivity contribution in [1.29, 1.82) is 0 Å². The molecule has 4 rings (SSSR count). The highest BCUT2D eigenvalue weighted by Crippen LogP contribution is 2.31. The van der Waals surface area contributed by atoms with Crippen LogP contribution in [0.2, 0.25) is 0 Å². The number of carbonyl (C=O) groups is 1. The number of nitrogens with zero attached hydrogens (tertiary/aromatic N) is 3. The summed E-state index contributed by atoms with van der Waals surface area (Å²) in [5.41, 5.74) is 3.42. The Hall–Kier alpha value is -3.41. The Morgan fingerprint density at radius 2 is 2.00 bits per heavy atom. The van der Waals surface area contributed by atoms with Crippen molar-refractivity contribution in [2.45, 2.75) is 12.8 Å². The summed E-state index contributed by atoms with van der Waals surface area (Å²) in [6.07, 6.45) is 3.97. The van der Waals surface area contributed by atoms with Gasteiger partial charge >= 0.3 is 5.97 Å². The molecule has 0 atom stereocenters. The van der Waals surface area contributed by atoms with Crippen LogP contribution in [-0.4, -0.2) is 32.6 Å². The third-order valence-electron chi connectivity index (χ3n) is 4.43. The largest absolute Gasteiger partial charge is 0.497 e. The zero-order valence-electron chi connectivity index (χ0n) is 14.2. The number of aliphatic carboxylic acids is 1. The molecule has 3 heterocycles. The number of carboxylic acid groups (broad SMARTS) is 1. The molecule has 0 fully saturated rings. The molecule has 1 N–H and O–H groups in total. The molecular formula is C20H17N3O3. The molecule has 130 valence electrons. The maximum atomic E-state index is 11.4. The summed E-state index contributed by atoms with van der Waals surface area (Å²) >= 11 is 0. The van der Waals surface area contributed by atoms with Gasteiger partial charge in [-0.2, -0.15) is 0 Å². The highest BCUT2D eigenvalue weighted by Gasteiger charge is 2.18. The summed E-state index contributed by atoms with van der Waals surface area (Å²) in [7, 11) is 1.60. The first-order chi connectivity index (χ1) is 12.7. The van der Waals surface area contributed by atoms with Crippen LogP contribution in [0, 0.1) is 0 Å². The van der Waals surface area contributed by atoms with Gasteiger partial charge in [0.25, 0.3) is 0 Å². The van der Waals surface area contributed by atoms with Crippen molar-refractivity contribution in [2.75, 3.05) is 7.11 Å². The minimum absolute atomic E-state index is 0.0623. The zero-order chi connectivity index (χ0) is 18.1. The molecule has 1 aromatic carbocycles.